The molecule has 0 aliphatic rings. The molecule has 0 fully saturated rings. The Kier molecular flexibility index (Phi) is 4.61. The van der Waals surface area contributed by atoms with Crippen molar-refractivity contribution in [3.05, 3.63) is 39.9 Å². The molecule has 0 aliphatic carbocycles. The molecule has 0 spiro atoms. The molecule has 1 rings (SSSR count). The van der Waals surface area contributed by atoms with Gasteiger partial charge in [-0.3, -0.25) is 4.79 Å². The first kappa shape index (κ1) is 14.1. The molecule has 0 radical (unpaired) electrons. The Bertz CT molecular complexity index is 447. The minimum Gasteiger partial charge on any atom is -0.348 e. The van der Waals surface area contributed by atoms with Gasteiger partial charge in [0.15, 0.2) is 0 Å². The average molecular weight is 272 g/mol. The molecule has 1 aromatic rings. The van der Waals surface area contributed by atoms with E-state index in [0.29, 0.717) is 10.0 Å². The van der Waals surface area contributed by atoms with E-state index in [2.05, 4.69) is 5.32 Å². The molecule has 0 aromatic heterocycles. The van der Waals surface area contributed by atoms with Gasteiger partial charge >= 0.3 is 0 Å². The molecule has 1 amide bonds. The van der Waals surface area contributed by atoms with Crippen molar-refractivity contribution in [2.24, 2.45) is 0 Å². The molecule has 0 saturated carbocycles. The van der Waals surface area contributed by atoms with Crippen LogP contribution in [0.5, 0.6) is 0 Å². The van der Waals surface area contributed by atoms with Crippen LogP contribution in [0.1, 0.15) is 26.3 Å². The Morgan fingerprint density at radius 3 is 2.53 bits per heavy atom. The van der Waals surface area contributed by atoms with Crippen LogP contribution >= 0.6 is 23.2 Å². The average Bonchev–Trinajstić information content (AvgIpc) is 2.18. The van der Waals surface area contributed by atoms with E-state index >= 15 is 0 Å². The van der Waals surface area contributed by atoms with Crippen LogP contribution in [0, 0.1) is 0 Å². The Balaban J connectivity index is 2.78. The zero-order chi connectivity index (χ0) is 13.1. The number of hydrogen-bond donors (Lipinski definition) is 1. The minimum absolute atomic E-state index is 0.159. The van der Waals surface area contributed by atoms with Crippen LogP contribution in [0.15, 0.2) is 24.3 Å². The van der Waals surface area contributed by atoms with Gasteiger partial charge < -0.3 is 5.32 Å². The standard InChI is InChI=1S/C13H15Cl2NO/c1-13(2,3)16-11(17)8-7-9-5-4-6-10(14)12(9)15/h4-8H,1-3H3,(H,16,17). The van der Waals surface area contributed by atoms with Crippen molar-refractivity contribution in [2.45, 2.75) is 26.3 Å². The van der Waals surface area contributed by atoms with Crippen molar-refractivity contribution >= 4 is 35.2 Å². The molecule has 92 valence electrons. The van der Waals surface area contributed by atoms with Crippen molar-refractivity contribution in [1.29, 1.82) is 0 Å². The number of nitrogens with one attached hydrogen (secondary N) is 1. The third kappa shape index (κ3) is 4.80. The summed E-state index contributed by atoms with van der Waals surface area (Å²) >= 11 is 11.9. The fourth-order valence-corrected chi connectivity index (χ4v) is 1.60. The maximum Gasteiger partial charge on any atom is 0.244 e. The zero-order valence-electron chi connectivity index (χ0n) is 10.1. The fraction of sp³-hybridized carbons (Fsp3) is 0.308. The van der Waals surface area contributed by atoms with Crippen molar-refractivity contribution in [2.75, 3.05) is 0 Å². The van der Waals surface area contributed by atoms with Gasteiger partial charge in [-0.1, -0.05) is 35.3 Å². The maximum atomic E-state index is 11.6. The Hall–Kier alpha value is -0.990. The Morgan fingerprint density at radius 1 is 1.29 bits per heavy atom. The summed E-state index contributed by atoms with van der Waals surface area (Å²) in [6.07, 6.45) is 3.10. The summed E-state index contributed by atoms with van der Waals surface area (Å²) in [6, 6.07) is 5.29. The van der Waals surface area contributed by atoms with E-state index < -0.39 is 0 Å². The lowest BCUT2D eigenvalue weighted by atomic mass is 10.1. The molecule has 0 atom stereocenters. The third-order valence-corrected chi connectivity index (χ3v) is 2.73. The number of benzene rings is 1. The molecule has 1 N–H and O–H groups in total. The highest BCUT2D eigenvalue weighted by Crippen LogP contribution is 2.26. The smallest absolute Gasteiger partial charge is 0.244 e. The quantitative estimate of drug-likeness (QED) is 0.812. The second-order valence-electron chi connectivity index (χ2n) is 4.72. The summed E-state index contributed by atoms with van der Waals surface area (Å²) in [5.41, 5.74) is 0.475. The molecule has 0 bridgehead atoms. The van der Waals surface area contributed by atoms with Gasteiger partial charge in [-0.05, 0) is 38.5 Å². The van der Waals surface area contributed by atoms with Gasteiger partial charge in [0.05, 0.1) is 10.0 Å². The normalized spacial score (nSPS) is 11.8. The predicted octanol–water partition coefficient (Wildman–Crippen LogP) is 3.92. The first-order valence-corrected chi connectivity index (χ1v) is 5.99. The molecule has 0 heterocycles. The summed E-state index contributed by atoms with van der Waals surface area (Å²) in [5.74, 6) is -0.159. The Labute approximate surface area is 112 Å². The van der Waals surface area contributed by atoms with E-state index in [0.717, 1.165) is 5.56 Å². The van der Waals surface area contributed by atoms with Crippen LogP contribution in [-0.4, -0.2) is 11.4 Å². The first-order valence-electron chi connectivity index (χ1n) is 5.24. The lowest BCUT2D eigenvalue weighted by Gasteiger charge is -2.18. The summed E-state index contributed by atoms with van der Waals surface area (Å²) in [6.45, 7) is 5.77. The molecule has 0 unspecified atom stereocenters. The highest BCUT2D eigenvalue weighted by Gasteiger charge is 2.11. The Morgan fingerprint density at radius 2 is 1.94 bits per heavy atom. The van der Waals surface area contributed by atoms with Crippen LogP contribution < -0.4 is 5.32 Å². The first-order chi connectivity index (χ1) is 7.79. The van der Waals surface area contributed by atoms with Crippen molar-refractivity contribution in [1.82, 2.24) is 5.32 Å². The number of amides is 1. The largest absolute Gasteiger partial charge is 0.348 e. The van der Waals surface area contributed by atoms with Crippen molar-refractivity contribution < 1.29 is 4.79 Å². The second kappa shape index (κ2) is 5.56. The van der Waals surface area contributed by atoms with Crippen LogP contribution in [0.25, 0.3) is 6.08 Å². The van der Waals surface area contributed by atoms with E-state index in [1.165, 1.54) is 6.08 Å². The van der Waals surface area contributed by atoms with Crippen LogP contribution in [0.2, 0.25) is 10.0 Å². The molecule has 2 nitrogen and oxygen atoms in total. The van der Waals surface area contributed by atoms with Crippen molar-refractivity contribution in [3.8, 4) is 0 Å². The van der Waals surface area contributed by atoms with Gasteiger partial charge in [-0.15, -0.1) is 0 Å². The lowest BCUT2D eigenvalue weighted by molar-refractivity contribution is -0.117. The molecule has 0 saturated heterocycles. The van der Waals surface area contributed by atoms with Crippen LogP contribution in [0.4, 0.5) is 0 Å². The maximum absolute atomic E-state index is 11.6. The number of halogens is 2. The molecule has 17 heavy (non-hydrogen) atoms. The minimum atomic E-state index is -0.250. The number of hydrogen-bond acceptors (Lipinski definition) is 1. The molecular formula is C13H15Cl2NO. The fourth-order valence-electron chi connectivity index (χ4n) is 1.23. The van der Waals surface area contributed by atoms with Crippen LogP contribution in [-0.2, 0) is 4.79 Å². The zero-order valence-corrected chi connectivity index (χ0v) is 11.6. The van der Waals surface area contributed by atoms with E-state index in [9.17, 15) is 4.79 Å². The number of rotatable bonds is 2. The monoisotopic (exact) mass is 271 g/mol. The topological polar surface area (TPSA) is 29.1 Å². The van der Waals surface area contributed by atoms with E-state index in [1.54, 1.807) is 24.3 Å². The highest BCUT2D eigenvalue weighted by molar-refractivity contribution is 6.42. The van der Waals surface area contributed by atoms with E-state index in [4.69, 9.17) is 23.2 Å². The molecule has 1 aromatic carbocycles. The van der Waals surface area contributed by atoms with Gasteiger partial charge in [-0.25, -0.2) is 0 Å². The molecule has 0 aliphatic heterocycles. The summed E-state index contributed by atoms with van der Waals surface area (Å²) in [7, 11) is 0. The summed E-state index contributed by atoms with van der Waals surface area (Å²) in [4.78, 5) is 11.6. The summed E-state index contributed by atoms with van der Waals surface area (Å²) in [5, 5.41) is 3.75. The van der Waals surface area contributed by atoms with E-state index in [1.807, 2.05) is 20.8 Å². The number of carbonyl (C=O) groups is 1. The van der Waals surface area contributed by atoms with Crippen LogP contribution in [0.3, 0.4) is 0 Å². The van der Waals surface area contributed by atoms with Gasteiger partial charge in [0.2, 0.25) is 5.91 Å². The molecular weight excluding hydrogens is 257 g/mol. The summed E-state index contributed by atoms with van der Waals surface area (Å²) < 4.78 is 0. The van der Waals surface area contributed by atoms with Gasteiger partial charge in [0.25, 0.3) is 0 Å². The SMILES string of the molecule is CC(C)(C)NC(=O)C=Cc1cccc(Cl)c1Cl. The van der Waals surface area contributed by atoms with Crippen molar-refractivity contribution in [3.63, 3.8) is 0 Å². The van der Waals surface area contributed by atoms with Gasteiger partial charge in [0.1, 0.15) is 0 Å². The number of carbonyl (C=O) groups excluding carboxylic acids is 1. The highest BCUT2D eigenvalue weighted by atomic mass is 35.5. The third-order valence-electron chi connectivity index (χ3n) is 1.89. The molecule has 4 heteroatoms. The van der Waals surface area contributed by atoms with E-state index in [-0.39, 0.29) is 11.4 Å². The van der Waals surface area contributed by atoms with Gasteiger partial charge in [0, 0.05) is 11.6 Å². The second-order valence-corrected chi connectivity index (χ2v) is 5.50. The predicted molar refractivity (Wildman–Crippen MR) is 73.4 cm³/mol. The lowest BCUT2D eigenvalue weighted by Crippen LogP contribution is -2.39. The van der Waals surface area contributed by atoms with Gasteiger partial charge in [-0.2, -0.15) is 0 Å².